The van der Waals surface area contributed by atoms with E-state index in [-0.39, 0.29) is 5.91 Å². The summed E-state index contributed by atoms with van der Waals surface area (Å²) < 4.78 is 0. The zero-order valence-electron chi connectivity index (χ0n) is 16.4. The topological polar surface area (TPSA) is 62.5 Å². The van der Waals surface area contributed by atoms with Crippen molar-refractivity contribution < 1.29 is 4.79 Å². The lowest BCUT2D eigenvalue weighted by molar-refractivity contribution is 0.0759. The molecule has 2 saturated heterocycles. The highest BCUT2D eigenvalue weighted by molar-refractivity contribution is 5.98. The van der Waals surface area contributed by atoms with Crippen molar-refractivity contribution in [1.82, 2.24) is 9.88 Å². The molecule has 5 nitrogen and oxygen atoms in total. The summed E-state index contributed by atoms with van der Waals surface area (Å²) >= 11 is 0. The van der Waals surface area contributed by atoms with Crippen molar-refractivity contribution in [2.45, 2.75) is 57.8 Å². The van der Waals surface area contributed by atoms with Crippen LogP contribution in [0.4, 0.5) is 5.82 Å². The fourth-order valence-electron chi connectivity index (χ4n) is 5.84. The Kier molecular flexibility index (Phi) is 4.38. The molecule has 146 valence electrons. The van der Waals surface area contributed by atoms with Gasteiger partial charge >= 0.3 is 0 Å². The van der Waals surface area contributed by atoms with Crippen molar-refractivity contribution in [2.24, 2.45) is 17.1 Å². The van der Waals surface area contributed by atoms with E-state index in [9.17, 15) is 4.79 Å². The molecule has 3 heterocycles. The van der Waals surface area contributed by atoms with Gasteiger partial charge in [-0.2, -0.15) is 0 Å². The molecule has 1 spiro atoms. The van der Waals surface area contributed by atoms with Gasteiger partial charge in [0.15, 0.2) is 0 Å². The maximum absolute atomic E-state index is 12.1. The molecular weight excluding hydrogens is 336 g/mol. The molecule has 1 saturated carbocycles. The standard InChI is InChI=1S/C22H32N4O/c23-20(27)18-12-17-6-2-7-19(17)24-21(18)26-11-9-22(15-26)8-3-10-25(14-22)13-16-4-1-5-16/h12,16H,1-11,13-15H2,(H2,23,27). The third-order valence-corrected chi connectivity index (χ3v) is 7.52. The van der Waals surface area contributed by atoms with E-state index in [1.54, 1.807) is 0 Å². The van der Waals surface area contributed by atoms with Crippen LogP contribution in [0.5, 0.6) is 0 Å². The Morgan fingerprint density at radius 1 is 1.15 bits per heavy atom. The molecule has 0 radical (unpaired) electrons. The van der Waals surface area contributed by atoms with E-state index in [0.29, 0.717) is 11.0 Å². The largest absolute Gasteiger partial charge is 0.365 e. The Bertz CT molecular complexity index is 744. The molecule has 3 fully saturated rings. The Balaban J connectivity index is 1.35. The quantitative estimate of drug-likeness (QED) is 0.888. The van der Waals surface area contributed by atoms with Gasteiger partial charge in [0.2, 0.25) is 0 Å². The van der Waals surface area contributed by atoms with Gasteiger partial charge in [0.25, 0.3) is 5.91 Å². The second kappa shape index (κ2) is 6.77. The predicted octanol–water partition coefficient (Wildman–Crippen LogP) is 2.76. The van der Waals surface area contributed by atoms with Crippen LogP contribution in [-0.2, 0) is 12.8 Å². The number of anilines is 1. The summed E-state index contributed by atoms with van der Waals surface area (Å²) in [4.78, 5) is 22.1. The van der Waals surface area contributed by atoms with Crippen LogP contribution < -0.4 is 10.6 Å². The van der Waals surface area contributed by atoms with Crippen molar-refractivity contribution in [2.75, 3.05) is 37.6 Å². The van der Waals surface area contributed by atoms with E-state index in [1.807, 2.05) is 6.07 Å². The minimum Gasteiger partial charge on any atom is -0.365 e. The lowest BCUT2D eigenvalue weighted by Gasteiger charge is -2.43. The molecular formula is C22H32N4O. The lowest BCUT2D eigenvalue weighted by Crippen LogP contribution is -2.47. The molecule has 2 aliphatic heterocycles. The van der Waals surface area contributed by atoms with E-state index in [1.165, 1.54) is 69.4 Å². The highest BCUT2D eigenvalue weighted by atomic mass is 16.1. The fraction of sp³-hybridized carbons (Fsp3) is 0.727. The molecule has 0 bridgehead atoms. The third kappa shape index (κ3) is 3.24. The van der Waals surface area contributed by atoms with Crippen molar-refractivity contribution >= 4 is 11.7 Å². The SMILES string of the molecule is NC(=O)c1cc2c(nc1N1CCC3(CCCN(CC4CCC4)C3)C1)CCC2. The smallest absolute Gasteiger partial charge is 0.252 e. The minimum absolute atomic E-state index is 0.330. The molecule has 1 amide bonds. The molecule has 27 heavy (non-hydrogen) atoms. The van der Waals surface area contributed by atoms with Crippen molar-refractivity contribution in [3.05, 3.63) is 22.9 Å². The first-order valence-electron chi connectivity index (χ1n) is 10.9. The number of likely N-dealkylation sites (tertiary alicyclic amines) is 1. The molecule has 1 atom stereocenters. The van der Waals surface area contributed by atoms with Gasteiger partial charge in [-0.25, -0.2) is 4.98 Å². The number of fused-ring (bicyclic) bond motifs is 1. The Labute approximate surface area is 162 Å². The van der Waals surface area contributed by atoms with E-state index in [2.05, 4.69) is 9.80 Å². The predicted molar refractivity (Wildman–Crippen MR) is 107 cm³/mol. The first-order valence-corrected chi connectivity index (χ1v) is 10.9. The van der Waals surface area contributed by atoms with Gasteiger partial charge in [0, 0.05) is 37.3 Å². The van der Waals surface area contributed by atoms with Gasteiger partial charge in [-0.3, -0.25) is 4.79 Å². The van der Waals surface area contributed by atoms with Crippen LogP contribution in [-0.4, -0.2) is 48.5 Å². The van der Waals surface area contributed by atoms with Crippen LogP contribution in [0, 0.1) is 11.3 Å². The summed E-state index contributed by atoms with van der Waals surface area (Å²) in [6.45, 7) is 5.81. The number of carbonyl (C=O) groups is 1. The fourth-order valence-corrected chi connectivity index (χ4v) is 5.84. The summed E-state index contributed by atoms with van der Waals surface area (Å²) in [6.07, 6.45) is 11.3. The number of carbonyl (C=O) groups excluding carboxylic acids is 1. The lowest BCUT2D eigenvalue weighted by atomic mass is 9.78. The zero-order chi connectivity index (χ0) is 18.4. The van der Waals surface area contributed by atoms with Crippen LogP contribution in [0.2, 0.25) is 0 Å². The van der Waals surface area contributed by atoms with E-state index >= 15 is 0 Å². The van der Waals surface area contributed by atoms with Gasteiger partial charge in [-0.15, -0.1) is 0 Å². The number of aromatic nitrogens is 1. The summed E-state index contributed by atoms with van der Waals surface area (Å²) in [6, 6.07) is 2.03. The molecule has 1 aromatic rings. The third-order valence-electron chi connectivity index (χ3n) is 7.52. The van der Waals surface area contributed by atoms with Crippen LogP contribution in [0.15, 0.2) is 6.07 Å². The second-order valence-corrected chi connectivity index (χ2v) is 9.49. The highest BCUT2D eigenvalue weighted by Crippen LogP contribution is 2.42. The average Bonchev–Trinajstić information content (AvgIpc) is 3.24. The second-order valence-electron chi connectivity index (χ2n) is 9.49. The number of aryl methyl sites for hydroxylation is 2. The summed E-state index contributed by atoms with van der Waals surface area (Å²) in [7, 11) is 0. The van der Waals surface area contributed by atoms with Crippen molar-refractivity contribution in [3.63, 3.8) is 0 Å². The summed E-state index contributed by atoms with van der Waals surface area (Å²) in [5.74, 6) is 1.47. The van der Waals surface area contributed by atoms with Gasteiger partial charge in [-0.1, -0.05) is 6.42 Å². The molecule has 2 N–H and O–H groups in total. The zero-order valence-corrected chi connectivity index (χ0v) is 16.4. The first-order chi connectivity index (χ1) is 13.1. The monoisotopic (exact) mass is 368 g/mol. The maximum atomic E-state index is 12.1. The number of pyridine rings is 1. The Morgan fingerprint density at radius 2 is 2.04 bits per heavy atom. The van der Waals surface area contributed by atoms with Gasteiger partial charge in [-0.05, 0) is 75.5 Å². The Hall–Kier alpha value is -1.62. The Morgan fingerprint density at radius 3 is 2.81 bits per heavy atom. The van der Waals surface area contributed by atoms with E-state index in [4.69, 9.17) is 10.7 Å². The molecule has 1 aromatic heterocycles. The number of rotatable bonds is 4. The van der Waals surface area contributed by atoms with E-state index in [0.717, 1.165) is 44.1 Å². The molecule has 0 aromatic carbocycles. The number of hydrogen-bond donors (Lipinski definition) is 1. The van der Waals surface area contributed by atoms with Gasteiger partial charge in [0.05, 0.1) is 5.56 Å². The first kappa shape index (κ1) is 17.5. The van der Waals surface area contributed by atoms with E-state index < -0.39 is 0 Å². The highest BCUT2D eigenvalue weighted by Gasteiger charge is 2.43. The molecule has 2 aliphatic carbocycles. The number of nitrogens with zero attached hydrogens (tertiary/aromatic N) is 3. The normalized spacial score (nSPS) is 28.5. The number of hydrogen-bond acceptors (Lipinski definition) is 4. The summed E-state index contributed by atoms with van der Waals surface area (Å²) in [5.41, 5.74) is 9.15. The molecule has 4 aliphatic rings. The van der Waals surface area contributed by atoms with Crippen molar-refractivity contribution in [1.29, 1.82) is 0 Å². The number of primary amides is 1. The van der Waals surface area contributed by atoms with Crippen molar-refractivity contribution in [3.8, 4) is 0 Å². The van der Waals surface area contributed by atoms with Crippen LogP contribution >= 0.6 is 0 Å². The molecule has 5 rings (SSSR count). The number of amides is 1. The number of piperidine rings is 1. The van der Waals surface area contributed by atoms with Gasteiger partial charge in [0.1, 0.15) is 5.82 Å². The average molecular weight is 369 g/mol. The summed E-state index contributed by atoms with van der Waals surface area (Å²) in [5, 5.41) is 0. The van der Waals surface area contributed by atoms with Gasteiger partial charge < -0.3 is 15.5 Å². The molecule has 1 unspecified atom stereocenters. The maximum Gasteiger partial charge on any atom is 0.252 e. The molecule has 5 heteroatoms. The van der Waals surface area contributed by atoms with Crippen LogP contribution in [0.3, 0.4) is 0 Å². The minimum atomic E-state index is -0.330. The van der Waals surface area contributed by atoms with Crippen LogP contribution in [0.1, 0.15) is 66.6 Å². The number of nitrogens with two attached hydrogens (primary N) is 1. The van der Waals surface area contributed by atoms with Crippen LogP contribution in [0.25, 0.3) is 0 Å².